The number of hydrogen-bond donors (Lipinski definition) is 1. The van der Waals surface area contributed by atoms with Crippen LogP contribution in [0.4, 0.5) is 0 Å². The fourth-order valence-corrected chi connectivity index (χ4v) is 0.502. The van der Waals surface area contributed by atoms with Gasteiger partial charge in [-0.05, 0) is 20.8 Å². The molecule has 0 saturated heterocycles. The predicted octanol–water partition coefficient (Wildman–Crippen LogP) is 1.43. The summed E-state index contributed by atoms with van der Waals surface area (Å²) in [7, 11) is 0. The second kappa shape index (κ2) is 4.82. The van der Waals surface area contributed by atoms with Crippen molar-refractivity contribution < 1.29 is 14.6 Å². The summed E-state index contributed by atoms with van der Waals surface area (Å²) in [6, 6.07) is 0. The van der Waals surface area contributed by atoms with E-state index in [9.17, 15) is 9.90 Å². The fraction of sp³-hybridized carbons (Fsp3) is 0.500. The lowest BCUT2D eigenvalue weighted by Gasteiger charge is -2.17. The minimum atomic E-state index is -1.15. The van der Waals surface area contributed by atoms with Crippen molar-refractivity contribution in [1.29, 1.82) is 0 Å². The molecule has 0 spiro atoms. The lowest BCUT2D eigenvalue weighted by atomic mass is 10.1. The SMILES string of the molecule is C=CC(C)(O)COC(=O)/C(C)=C/C. The fourth-order valence-electron chi connectivity index (χ4n) is 0.502. The van der Waals surface area contributed by atoms with Crippen molar-refractivity contribution in [3.63, 3.8) is 0 Å². The highest BCUT2D eigenvalue weighted by Gasteiger charge is 2.18. The number of allylic oxidation sites excluding steroid dienone is 1. The molecule has 3 nitrogen and oxygen atoms in total. The van der Waals surface area contributed by atoms with Crippen LogP contribution in [0.5, 0.6) is 0 Å². The molecule has 0 fully saturated rings. The van der Waals surface area contributed by atoms with E-state index >= 15 is 0 Å². The molecule has 1 atom stereocenters. The molecule has 0 aliphatic carbocycles. The number of ether oxygens (including phenoxy) is 1. The van der Waals surface area contributed by atoms with Gasteiger partial charge >= 0.3 is 5.97 Å². The van der Waals surface area contributed by atoms with Crippen LogP contribution in [-0.4, -0.2) is 23.3 Å². The first kappa shape index (κ1) is 11.9. The Morgan fingerprint density at radius 3 is 2.62 bits per heavy atom. The van der Waals surface area contributed by atoms with E-state index in [4.69, 9.17) is 4.74 Å². The van der Waals surface area contributed by atoms with Crippen LogP contribution in [0.2, 0.25) is 0 Å². The van der Waals surface area contributed by atoms with E-state index in [1.165, 1.54) is 13.0 Å². The molecule has 13 heavy (non-hydrogen) atoms. The lowest BCUT2D eigenvalue weighted by Crippen LogP contribution is -2.29. The number of aliphatic hydroxyl groups is 1. The van der Waals surface area contributed by atoms with Crippen molar-refractivity contribution in [2.24, 2.45) is 0 Å². The van der Waals surface area contributed by atoms with Gasteiger partial charge in [0.2, 0.25) is 0 Å². The van der Waals surface area contributed by atoms with Gasteiger partial charge in [0, 0.05) is 5.57 Å². The third-order valence-corrected chi connectivity index (χ3v) is 1.69. The zero-order valence-corrected chi connectivity index (χ0v) is 8.33. The summed E-state index contributed by atoms with van der Waals surface area (Å²) in [4.78, 5) is 11.1. The Labute approximate surface area is 78.7 Å². The molecule has 3 heteroatoms. The van der Waals surface area contributed by atoms with E-state index in [2.05, 4.69) is 6.58 Å². The van der Waals surface area contributed by atoms with Crippen LogP contribution in [0, 0.1) is 0 Å². The number of carbonyl (C=O) groups excluding carboxylic acids is 1. The Kier molecular flexibility index (Phi) is 4.42. The molecule has 0 amide bonds. The average molecular weight is 184 g/mol. The maximum atomic E-state index is 11.1. The van der Waals surface area contributed by atoms with E-state index in [0.29, 0.717) is 5.57 Å². The smallest absolute Gasteiger partial charge is 0.333 e. The molecule has 0 saturated carbocycles. The number of hydrogen-bond acceptors (Lipinski definition) is 3. The topological polar surface area (TPSA) is 46.5 Å². The molecule has 1 N–H and O–H groups in total. The summed E-state index contributed by atoms with van der Waals surface area (Å²) in [5.41, 5.74) is -0.621. The third kappa shape index (κ3) is 4.48. The number of esters is 1. The summed E-state index contributed by atoms with van der Waals surface area (Å²) >= 11 is 0. The van der Waals surface area contributed by atoms with Gasteiger partial charge in [-0.1, -0.05) is 12.2 Å². The summed E-state index contributed by atoms with van der Waals surface area (Å²) in [5.74, 6) is -0.412. The van der Waals surface area contributed by atoms with Crippen LogP contribution in [0.1, 0.15) is 20.8 Å². The van der Waals surface area contributed by atoms with Gasteiger partial charge in [-0.3, -0.25) is 0 Å². The predicted molar refractivity (Wildman–Crippen MR) is 51.2 cm³/mol. The molecule has 0 aromatic carbocycles. The van der Waals surface area contributed by atoms with E-state index in [1.807, 2.05) is 0 Å². The molecule has 74 valence electrons. The molecule has 0 aromatic rings. The van der Waals surface area contributed by atoms with Gasteiger partial charge in [0.1, 0.15) is 12.2 Å². The molecule has 0 heterocycles. The van der Waals surface area contributed by atoms with Crippen molar-refractivity contribution in [2.45, 2.75) is 26.4 Å². The molecular formula is C10H16O3. The van der Waals surface area contributed by atoms with Gasteiger partial charge in [-0.15, -0.1) is 6.58 Å². The molecule has 1 unspecified atom stereocenters. The highest BCUT2D eigenvalue weighted by molar-refractivity contribution is 5.87. The second-order valence-electron chi connectivity index (χ2n) is 3.11. The van der Waals surface area contributed by atoms with Gasteiger partial charge in [-0.2, -0.15) is 0 Å². The van der Waals surface area contributed by atoms with Crippen LogP contribution in [0.3, 0.4) is 0 Å². The molecular weight excluding hydrogens is 168 g/mol. The molecule has 0 aliphatic rings. The van der Waals surface area contributed by atoms with Gasteiger partial charge in [-0.25, -0.2) is 4.79 Å². The Balaban J connectivity index is 4.04. The van der Waals surface area contributed by atoms with Gasteiger partial charge in [0.05, 0.1) is 0 Å². The van der Waals surface area contributed by atoms with E-state index in [0.717, 1.165) is 0 Å². The maximum Gasteiger partial charge on any atom is 0.333 e. The minimum Gasteiger partial charge on any atom is -0.459 e. The van der Waals surface area contributed by atoms with Crippen molar-refractivity contribution in [3.8, 4) is 0 Å². The van der Waals surface area contributed by atoms with E-state index in [-0.39, 0.29) is 6.61 Å². The Morgan fingerprint density at radius 2 is 2.23 bits per heavy atom. The normalized spacial score (nSPS) is 16.2. The quantitative estimate of drug-likeness (QED) is 0.408. The number of carbonyl (C=O) groups is 1. The first-order valence-electron chi connectivity index (χ1n) is 4.09. The first-order valence-corrected chi connectivity index (χ1v) is 4.09. The average Bonchev–Trinajstić information content (AvgIpc) is 2.13. The summed E-state index contributed by atoms with van der Waals surface area (Å²) in [5, 5.41) is 9.41. The van der Waals surface area contributed by atoms with Crippen molar-refractivity contribution in [1.82, 2.24) is 0 Å². The number of rotatable bonds is 4. The molecule has 0 bridgehead atoms. The van der Waals surface area contributed by atoms with Gasteiger partial charge < -0.3 is 9.84 Å². The molecule has 0 radical (unpaired) electrons. The van der Waals surface area contributed by atoms with Gasteiger partial charge in [0.25, 0.3) is 0 Å². The zero-order chi connectivity index (χ0) is 10.5. The summed E-state index contributed by atoms with van der Waals surface area (Å²) < 4.78 is 4.82. The first-order chi connectivity index (χ1) is 5.93. The molecule has 0 aliphatic heterocycles. The largest absolute Gasteiger partial charge is 0.459 e. The third-order valence-electron chi connectivity index (χ3n) is 1.69. The maximum absolute atomic E-state index is 11.1. The highest BCUT2D eigenvalue weighted by Crippen LogP contribution is 2.06. The lowest BCUT2D eigenvalue weighted by molar-refractivity contribution is -0.143. The Morgan fingerprint density at radius 1 is 1.69 bits per heavy atom. The van der Waals surface area contributed by atoms with Crippen molar-refractivity contribution >= 4 is 5.97 Å². The molecule has 0 aromatic heterocycles. The van der Waals surface area contributed by atoms with Crippen LogP contribution in [0.15, 0.2) is 24.3 Å². The van der Waals surface area contributed by atoms with Crippen LogP contribution in [0.25, 0.3) is 0 Å². The Bertz CT molecular complexity index is 226. The van der Waals surface area contributed by atoms with Crippen LogP contribution >= 0.6 is 0 Å². The highest BCUT2D eigenvalue weighted by atomic mass is 16.5. The Hall–Kier alpha value is -1.09. The monoisotopic (exact) mass is 184 g/mol. The standard InChI is InChI=1S/C10H16O3/c1-5-8(3)9(11)13-7-10(4,12)6-2/h5-6,12H,2,7H2,1,3-4H3/b8-5+. The van der Waals surface area contributed by atoms with E-state index < -0.39 is 11.6 Å². The van der Waals surface area contributed by atoms with Crippen molar-refractivity contribution in [2.75, 3.05) is 6.61 Å². The van der Waals surface area contributed by atoms with Gasteiger partial charge in [0.15, 0.2) is 0 Å². The van der Waals surface area contributed by atoms with Crippen LogP contribution in [-0.2, 0) is 9.53 Å². The second-order valence-corrected chi connectivity index (χ2v) is 3.11. The summed E-state index contributed by atoms with van der Waals surface area (Å²) in [6.45, 7) is 8.29. The van der Waals surface area contributed by atoms with Crippen LogP contribution < -0.4 is 0 Å². The zero-order valence-electron chi connectivity index (χ0n) is 8.33. The van der Waals surface area contributed by atoms with Crippen molar-refractivity contribution in [3.05, 3.63) is 24.3 Å². The van der Waals surface area contributed by atoms with E-state index in [1.54, 1.807) is 19.9 Å². The molecule has 0 rings (SSSR count). The minimum absolute atomic E-state index is 0.0689. The summed E-state index contributed by atoms with van der Waals surface area (Å²) in [6.07, 6.45) is 3.00.